The van der Waals surface area contributed by atoms with E-state index in [9.17, 15) is 0 Å². The summed E-state index contributed by atoms with van der Waals surface area (Å²) in [6.45, 7) is 6.41. The number of hydrogen-bond donors (Lipinski definition) is 0. The average Bonchev–Trinajstić information content (AvgIpc) is 2.51. The Labute approximate surface area is 131 Å². The van der Waals surface area contributed by atoms with Crippen LogP contribution in [0.3, 0.4) is 0 Å². The van der Waals surface area contributed by atoms with Gasteiger partial charge in [-0.05, 0) is 35.0 Å². The number of hydrogen-bond acceptors (Lipinski definition) is 1. The fourth-order valence-corrected chi connectivity index (χ4v) is 2.69. The molecule has 0 N–H and O–H groups in total. The third kappa shape index (κ3) is 2.81. The number of rotatable bonds is 4. The zero-order valence-corrected chi connectivity index (χ0v) is 13.0. The molecule has 4 heteroatoms. The molecule has 1 nitrogen and oxygen atoms in total. The Hall–Kier alpha value is -1.44. The van der Waals surface area contributed by atoms with E-state index >= 15 is 0 Å². The summed E-state index contributed by atoms with van der Waals surface area (Å²) < 4.78 is 0. The molecule has 0 amide bonds. The summed E-state index contributed by atoms with van der Waals surface area (Å²) in [7, 11) is 18.8. The Kier molecular flexibility index (Phi) is 4.66. The normalized spacial score (nSPS) is 11.6. The monoisotopic (exact) mass is 269 g/mol. The van der Waals surface area contributed by atoms with Crippen LogP contribution in [0.2, 0.25) is 0 Å². The van der Waals surface area contributed by atoms with E-state index in [4.69, 9.17) is 23.5 Å². The van der Waals surface area contributed by atoms with Crippen LogP contribution in [0.25, 0.3) is 11.3 Å². The van der Waals surface area contributed by atoms with Gasteiger partial charge in [0.05, 0.1) is 5.69 Å². The molecule has 0 aliphatic heterocycles. The Morgan fingerprint density at radius 3 is 2.05 bits per heavy atom. The third-order valence-electron chi connectivity index (χ3n) is 4.51. The number of aromatic nitrogens is 1. The molecule has 0 aliphatic rings. The highest BCUT2D eigenvalue weighted by Crippen LogP contribution is 2.28. The van der Waals surface area contributed by atoms with Crippen LogP contribution in [-0.2, 0) is 5.41 Å². The minimum absolute atomic E-state index is 0.107. The third-order valence-corrected chi connectivity index (χ3v) is 4.51. The van der Waals surface area contributed by atoms with Gasteiger partial charge in [0.1, 0.15) is 23.5 Å². The first-order valence-corrected chi connectivity index (χ1v) is 7.35. The Bertz CT molecular complexity index is 634. The van der Waals surface area contributed by atoms with E-state index in [1.165, 1.54) is 0 Å². The Morgan fingerprint density at radius 1 is 0.952 bits per heavy atom. The molecule has 0 bridgehead atoms. The summed E-state index contributed by atoms with van der Waals surface area (Å²) in [5.74, 6) is 0. The van der Waals surface area contributed by atoms with Crippen molar-refractivity contribution >= 4 is 40.1 Å². The molecule has 0 aliphatic carbocycles. The van der Waals surface area contributed by atoms with E-state index in [0.29, 0.717) is 22.2 Å². The van der Waals surface area contributed by atoms with Crippen molar-refractivity contribution in [3.05, 3.63) is 35.9 Å². The smallest absolute Gasteiger partial charge is 0.142 e. The first kappa shape index (κ1) is 15.9. The summed E-state index contributed by atoms with van der Waals surface area (Å²) in [4.78, 5) is 4.54. The van der Waals surface area contributed by atoms with Crippen LogP contribution < -0.4 is 16.5 Å². The van der Waals surface area contributed by atoms with Crippen LogP contribution >= 0.6 is 0 Å². The molecule has 0 unspecified atom stereocenters. The molecule has 0 saturated heterocycles. The van der Waals surface area contributed by atoms with E-state index < -0.39 is 0 Å². The van der Waals surface area contributed by atoms with Gasteiger partial charge in [0.25, 0.3) is 0 Å². The summed E-state index contributed by atoms with van der Waals surface area (Å²) in [6, 6.07) is 9.75. The van der Waals surface area contributed by atoms with Gasteiger partial charge in [0.15, 0.2) is 0 Å². The standard InChI is InChI=1S/C17H18B3N/c1-4-17(3,5-2)12-13(18)14(19)15(21-16(12)20)11-9-7-6-8-10-11/h6-10H,4-5H2,1-3H3. The number of benzene rings is 1. The Balaban J connectivity index is 2.67. The van der Waals surface area contributed by atoms with Gasteiger partial charge in [-0.1, -0.05) is 62.0 Å². The summed E-state index contributed by atoms with van der Waals surface area (Å²) >= 11 is 0. The molecule has 2 aromatic rings. The van der Waals surface area contributed by atoms with Crippen LogP contribution in [0.5, 0.6) is 0 Å². The molecule has 1 aromatic heterocycles. The van der Waals surface area contributed by atoms with E-state index in [1.807, 2.05) is 30.3 Å². The highest BCUT2D eigenvalue weighted by Gasteiger charge is 2.27. The summed E-state index contributed by atoms with van der Waals surface area (Å²) in [5.41, 5.74) is 3.91. The molecule has 21 heavy (non-hydrogen) atoms. The SMILES string of the molecule is [B]c1nc(-c2ccccc2)c([B])c([B])c1C(C)(CC)CC. The first-order chi connectivity index (χ1) is 9.94. The molecule has 0 atom stereocenters. The zero-order valence-electron chi connectivity index (χ0n) is 13.0. The van der Waals surface area contributed by atoms with Gasteiger partial charge in [-0.15, -0.1) is 0 Å². The maximum Gasteiger partial charge on any atom is 0.142 e. The predicted molar refractivity (Wildman–Crippen MR) is 93.8 cm³/mol. The minimum atomic E-state index is -0.107. The lowest BCUT2D eigenvalue weighted by molar-refractivity contribution is 0.443. The van der Waals surface area contributed by atoms with Crippen molar-refractivity contribution < 1.29 is 0 Å². The molecule has 100 valence electrons. The fourth-order valence-electron chi connectivity index (χ4n) is 2.69. The van der Waals surface area contributed by atoms with Crippen molar-refractivity contribution in [3.8, 4) is 11.3 Å². The van der Waals surface area contributed by atoms with Crippen LogP contribution in [-0.4, -0.2) is 28.5 Å². The highest BCUT2D eigenvalue weighted by atomic mass is 14.7. The molecule has 0 fully saturated rings. The lowest BCUT2D eigenvalue weighted by Gasteiger charge is -2.33. The second-order valence-electron chi connectivity index (χ2n) is 5.68. The second-order valence-corrected chi connectivity index (χ2v) is 5.68. The molecule has 0 spiro atoms. The average molecular weight is 269 g/mol. The van der Waals surface area contributed by atoms with Gasteiger partial charge >= 0.3 is 0 Å². The van der Waals surface area contributed by atoms with Crippen LogP contribution in [0.1, 0.15) is 39.2 Å². The first-order valence-electron chi connectivity index (χ1n) is 7.35. The zero-order chi connectivity index (χ0) is 15.6. The minimum Gasteiger partial charge on any atom is -0.265 e. The van der Waals surface area contributed by atoms with E-state index in [2.05, 4.69) is 25.8 Å². The van der Waals surface area contributed by atoms with Gasteiger partial charge in [-0.2, -0.15) is 0 Å². The van der Waals surface area contributed by atoms with E-state index in [-0.39, 0.29) is 5.41 Å². The van der Waals surface area contributed by atoms with Gasteiger partial charge in [-0.3, -0.25) is 4.98 Å². The topological polar surface area (TPSA) is 12.9 Å². The van der Waals surface area contributed by atoms with Crippen molar-refractivity contribution in [1.82, 2.24) is 4.98 Å². The lowest BCUT2D eigenvalue weighted by atomic mass is 9.64. The van der Waals surface area contributed by atoms with Gasteiger partial charge in [0.2, 0.25) is 0 Å². The van der Waals surface area contributed by atoms with E-state index in [0.717, 1.165) is 24.0 Å². The van der Waals surface area contributed by atoms with Crippen molar-refractivity contribution in [3.63, 3.8) is 0 Å². The van der Waals surface area contributed by atoms with Crippen LogP contribution in [0, 0.1) is 0 Å². The van der Waals surface area contributed by atoms with Gasteiger partial charge in [-0.25, -0.2) is 0 Å². The van der Waals surface area contributed by atoms with Gasteiger partial charge in [0, 0.05) is 0 Å². The molecule has 6 radical (unpaired) electrons. The fraction of sp³-hybridized carbons (Fsp3) is 0.353. The number of nitrogens with zero attached hydrogens (tertiary/aromatic N) is 1. The molecular formula is C17H18B3N. The van der Waals surface area contributed by atoms with Crippen molar-refractivity contribution in [2.75, 3.05) is 0 Å². The second kappa shape index (κ2) is 6.13. The summed E-state index contributed by atoms with van der Waals surface area (Å²) in [6.07, 6.45) is 1.87. The largest absolute Gasteiger partial charge is 0.265 e. The molecular weight excluding hydrogens is 251 g/mol. The van der Waals surface area contributed by atoms with Crippen LogP contribution in [0.15, 0.2) is 30.3 Å². The summed E-state index contributed by atoms with van der Waals surface area (Å²) in [5, 5.41) is 0. The maximum atomic E-state index is 6.31. The molecule has 0 saturated carbocycles. The maximum absolute atomic E-state index is 6.31. The van der Waals surface area contributed by atoms with Crippen molar-refractivity contribution in [1.29, 1.82) is 0 Å². The van der Waals surface area contributed by atoms with Crippen LogP contribution in [0.4, 0.5) is 0 Å². The van der Waals surface area contributed by atoms with Crippen molar-refractivity contribution in [2.24, 2.45) is 0 Å². The quantitative estimate of drug-likeness (QED) is 0.760. The highest BCUT2D eigenvalue weighted by molar-refractivity contribution is 6.52. The lowest BCUT2D eigenvalue weighted by Crippen LogP contribution is -2.45. The van der Waals surface area contributed by atoms with E-state index in [1.54, 1.807) is 0 Å². The molecule has 1 aromatic carbocycles. The van der Waals surface area contributed by atoms with Crippen molar-refractivity contribution in [2.45, 2.75) is 39.0 Å². The molecule has 2 rings (SSSR count). The predicted octanol–water partition coefficient (Wildman–Crippen LogP) is 1.21. The Morgan fingerprint density at radius 2 is 1.52 bits per heavy atom. The molecule has 1 heterocycles. The number of pyridine rings is 1. The van der Waals surface area contributed by atoms with Gasteiger partial charge < -0.3 is 0 Å².